The van der Waals surface area contributed by atoms with Gasteiger partial charge in [0.1, 0.15) is 5.82 Å². The van der Waals surface area contributed by atoms with E-state index in [2.05, 4.69) is 15.2 Å². The van der Waals surface area contributed by atoms with Gasteiger partial charge in [0, 0.05) is 38.0 Å². The van der Waals surface area contributed by atoms with Crippen LogP contribution in [0.15, 0.2) is 34.2 Å². The lowest BCUT2D eigenvalue weighted by Crippen LogP contribution is -2.47. The third-order valence-electron chi connectivity index (χ3n) is 4.21. The molecule has 1 aromatic carbocycles. The van der Waals surface area contributed by atoms with E-state index < -0.39 is 0 Å². The van der Waals surface area contributed by atoms with E-state index in [0.29, 0.717) is 12.3 Å². The highest BCUT2D eigenvalue weighted by Gasteiger charge is 2.23. The Morgan fingerprint density at radius 1 is 1.42 bits per heavy atom. The number of primary amides is 1. The summed E-state index contributed by atoms with van der Waals surface area (Å²) < 4.78 is 12.9. The van der Waals surface area contributed by atoms with E-state index in [-0.39, 0.29) is 35.7 Å². The third kappa shape index (κ3) is 8.11. The monoisotopic (exact) mass is 494 g/mol. The van der Waals surface area contributed by atoms with Gasteiger partial charge in [-0.15, -0.1) is 35.7 Å². The van der Waals surface area contributed by atoms with Gasteiger partial charge in [-0.25, -0.2) is 4.39 Å². The summed E-state index contributed by atoms with van der Waals surface area (Å²) in [7, 11) is 1.79. The second-order valence-electron chi connectivity index (χ2n) is 6.25. The molecular formula is C18H28FIN4OS. The number of thioether (sulfide) groups is 1. The molecule has 1 aromatic rings. The molecule has 0 aliphatic carbocycles. The van der Waals surface area contributed by atoms with Crippen LogP contribution in [0.25, 0.3) is 0 Å². The lowest BCUT2D eigenvalue weighted by atomic mass is 9.95. The lowest BCUT2D eigenvalue weighted by molar-refractivity contribution is -0.119. The Bertz CT molecular complexity index is 585. The average Bonchev–Trinajstić information content (AvgIpc) is 2.59. The second-order valence-corrected chi connectivity index (χ2v) is 7.42. The number of rotatable bonds is 7. The first-order chi connectivity index (χ1) is 12.1. The Hall–Kier alpha value is -1.03. The maximum Gasteiger partial charge on any atom is 0.217 e. The summed E-state index contributed by atoms with van der Waals surface area (Å²) in [5.41, 5.74) is 5.32. The molecule has 0 saturated carbocycles. The molecular weight excluding hydrogens is 466 g/mol. The zero-order chi connectivity index (χ0) is 18.1. The number of nitrogens with two attached hydrogens (primary N) is 1. The Morgan fingerprint density at radius 3 is 2.81 bits per heavy atom. The van der Waals surface area contributed by atoms with Crippen molar-refractivity contribution < 1.29 is 9.18 Å². The fourth-order valence-electron chi connectivity index (χ4n) is 3.03. The van der Waals surface area contributed by atoms with Crippen LogP contribution in [0.1, 0.15) is 25.7 Å². The molecule has 8 heteroatoms. The minimum atomic E-state index is -0.229. The van der Waals surface area contributed by atoms with Crippen molar-refractivity contribution in [1.29, 1.82) is 0 Å². The van der Waals surface area contributed by atoms with Crippen molar-refractivity contribution in [3.63, 3.8) is 0 Å². The van der Waals surface area contributed by atoms with Crippen LogP contribution in [-0.4, -0.2) is 49.2 Å². The summed E-state index contributed by atoms with van der Waals surface area (Å²) in [6, 6.07) is 6.58. The van der Waals surface area contributed by atoms with Crippen molar-refractivity contribution in [3.8, 4) is 0 Å². The van der Waals surface area contributed by atoms with Crippen molar-refractivity contribution in [2.24, 2.45) is 16.6 Å². The van der Waals surface area contributed by atoms with E-state index in [1.807, 2.05) is 0 Å². The Morgan fingerprint density at radius 2 is 2.15 bits per heavy atom. The van der Waals surface area contributed by atoms with Gasteiger partial charge in [-0.2, -0.15) is 0 Å². The molecule has 1 fully saturated rings. The molecule has 1 unspecified atom stereocenters. The van der Waals surface area contributed by atoms with Crippen LogP contribution < -0.4 is 11.1 Å². The number of carbonyl (C=O) groups excluding carboxylic acids is 1. The van der Waals surface area contributed by atoms with Gasteiger partial charge in [-0.1, -0.05) is 0 Å². The summed E-state index contributed by atoms with van der Waals surface area (Å²) in [4.78, 5) is 18.8. The first-order valence-corrected chi connectivity index (χ1v) is 9.69. The van der Waals surface area contributed by atoms with Gasteiger partial charge in [-0.3, -0.25) is 9.79 Å². The highest BCUT2D eigenvalue weighted by atomic mass is 127. The number of hydrogen-bond acceptors (Lipinski definition) is 3. The number of nitrogens with one attached hydrogen (secondary N) is 1. The van der Waals surface area contributed by atoms with Crippen molar-refractivity contribution in [2.75, 3.05) is 32.4 Å². The molecule has 0 aromatic heterocycles. The number of aliphatic imine (C=N–C) groups is 1. The van der Waals surface area contributed by atoms with Crippen LogP contribution >= 0.6 is 35.7 Å². The summed E-state index contributed by atoms with van der Waals surface area (Å²) in [5.74, 6) is 1.73. The van der Waals surface area contributed by atoms with Crippen LogP contribution in [0.3, 0.4) is 0 Å². The molecule has 5 nitrogen and oxygen atoms in total. The summed E-state index contributed by atoms with van der Waals surface area (Å²) in [6.07, 6.45) is 3.53. The number of guanidine groups is 1. The van der Waals surface area contributed by atoms with E-state index in [1.54, 1.807) is 30.9 Å². The Labute approximate surface area is 176 Å². The maximum atomic E-state index is 12.9. The molecule has 3 N–H and O–H groups in total. The summed E-state index contributed by atoms with van der Waals surface area (Å²) in [6.45, 7) is 2.62. The van der Waals surface area contributed by atoms with Gasteiger partial charge in [0.05, 0.1) is 0 Å². The van der Waals surface area contributed by atoms with Crippen molar-refractivity contribution in [3.05, 3.63) is 30.1 Å². The Balaban J connectivity index is 0.00000338. The molecule has 26 heavy (non-hydrogen) atoms. The predicted molar refractivity (Wildman–Crippen MR) is 117 cm³/mol. The van der Waals surface area contributed by atoms with Crippen LogP contribution in [0.5, 0.6) is 0 Å². The highest BCUT2D eigenvalue weighted by Crippen LogP contribution is 2.20. The first kappa shape index (κ1) is 23.0. The van der Waals surface area contributed by atoms with Crippen LogP contribution in [0, 0.1) is 11.7 Å². The zero-order valence-corrected chi connectivity index (χ0v) is 18.3. The largest absolute Gasteiger partial charge is 0.370 e. The summed E-state index contributed by atoms with van der Waals surface area (Å²) in [5, 5.41) is 3.39. The zero-order valence-electron chi connectivity index (χ0n) is 15.1. The first-order valence-electron chi connectivity index (χ1n) is 8.70. The van der Waals surface area contributed by atoms with Crippen LogP contribution in [0.2, 0.25) is 0 Å². The van der Waals surface area contributed by atoms with Gasteiger partial charge >= 0.3 is 0 Å². The van der Waals surface area contributed by atoms with Gasteiger partial charge in [0.15, 0.2) is 5.96 Å². The molecule has 1 aliphatic rings. The minimum Gasteiger partial charge on any atom is -0.370 e. The molecule has 0 spiro atoms. The number of hydrogen-bond donors (Lipinski definition) is 2. The van der Waals surface area contributed by atoms with Gasteiger partial charge in [0.2, 0.25) is 5.91 Å². The average molecular weight is 494 g/mol. The van der Waals surface area contributed by atoms with Crippen molar-refractivity contribution in [2.45, 2.75) is 30.6 Å². The molecule has 2 rings (SSSR count). The Kier molecular flexibility index (Phi) is 11.0. The number of likely N-dealkylation sites (tertiary alicyclic amines) is 1. The number of benzene rings is 1. The topological polar surface area (TPSA) is 70.7 Å². The fraction of sp³-hybridized carbons (Fsp3) is 0.556. The molecule has 1 amide bonds. The van der Waals surface area contributed by atoms with Crippen LogP contribution in [-0.2, 0) is 4.79 Å². The standard InChI is InChI=1S/C18H27FN4OS.HI/c1-21-18(23-10-2-4-14(13-23)12-17(20)24)22-9-3-11-25-16-7-5-15(19)6-8-16;/h5-8,14H,2-4,9-13H2,1H3,(H2,20,24)(H,21,22);1H. The van der Waals surface area contributed by atoms with E-state index in [9.17, 15) is 9.18 Å². The van der Waals surface area contributed by atoms with Crippen molar-refractivity contribution >= 4 is 47.6 Å². The normalized spacial score (nSPS) is 17.5. The summed E-state index contributed by atoms with van der Waals surface area (Å²) >= 11 is 1.72. The maximum absolute atomic E-state index is 12.9. The molecule has 0 bridgehead atoms. The van der Waals surface area contributed by atoms with Crippen molar-refractivity contribution in [1.82, 2.24) is 10.2 Å². The quantitative estimate of drug-likeness (QED) is 0.201. The van der Waals surface area contributed by atoms with Gasteiger partial charge in [-0.05, 0) is 55.2 Å². The number of carbonyl (C=O) groups is 1. The minimum absolute atomic E-state index is 0. The molecule has 146 valence electrons. The smallest absolute Gasteiger partial charge is 0.217 e. The lowest BCUT2D eigenvalue weighted by Gasteiger charge is -2.34. The predicted octanol–water partition coefficient (Wildman–Crippen LogP) is 3.09. The molecule has 1 atom stereocenters. The molecule has 1 aliphatic heterocycles. The number of piperidine rings is 1. The molecule has 1 saturated heterocycles. The third-order valence-corrected chi connectivity index (χ3v) is 5.31. The van der Waals surface area contributed by atoms with E-state index in [4.69, 9.17) is 5.73 Å². The second kappa shape index (κ2) is 12.4. The number of amides is 1. The SMILES string of the molecule is CN=C(NCCCSc1ccc(F)cc1)N1CCCC(CC(N)=O)C1.I. The van der Waals surface area contributed by atoms with E-state index in [0.717, 1.165) is 55.5 Å². The van der Waals surface area contributed by atoms with E-state index in [1.165, 1.54) is 12.1 Å². The molecule has 0 radical (unpaired) electrons. The van der Waals surface area contributed by atoms with E-state index >= 15 is 0 Å². The number of nitrogens with zero attached hydrogens (tertiary/aromatic N) is 2. The van der Waals surface area contributed by atoms with Gasteiger partial charge in [0.25, 0.3) is 0 Å². The van der Waals surface area contributed by atoms with Crippen LogP contribution in [0.4, 0.5) is 4.39 Å². The highest BCUT2D eigenvalue weighted by molar-refractivity contribution is 14.0. The van der Waals surface area contributed by atoms with Gasteiger partial charge < -0.3 is 16.0 Å². The molecule has 1 heterocycles. The fourth-order valence-corrected chi connectivity index (χ4v) is 3.89. The number of halogens is 2.